The number of aromatic nitrogens is 3. The highest BCUT2D eigenvalue weighted by Gasteiger charge is 2.09. The van der Waals surface area contributed by atoms with Crippen LogP contribution in [0, 0.1) is 0 Å². The monoisotopic (exact) mass is 215 g/mol. The van der Waals surface area contributed by atoms with Gasteiger partial charge in [0.1, 0.15) is 11.4 Å². The summed E-state index contributed by atoms with van der Waals surface area (Å²) in [5, 5.41) is 0.322. The first-order chi connectivity index (χ1) is 6.27. The van der Waals surface area contributed by atoms with Crippen molar-refractivity contribution >= 4 is 23.2 Å². The van der Waals surface area contributed by atoms with Crippen LogP contribution in [-0.4, -0.2) is 15.0 Å². The van der Waals surface area contributed by atoms with Crippen LogP contribution in [0.5, 0.6) is 0 Å². The maximum absolute atomic E-state index is 5.79. The minimum Gasteiger partial charge on any atom is -0.444 e. The molecule has 2 aromatic rings. The van der Waals surface area contributed by atoms with Gasteiger partial charge in [0, 0.05) is 6.20 Å². The zero-order valence-electron chi connectivity index (χ0n) is 6.24. The predicted octanol–water partition coefficient (Wildman–Crippen LogP) is 2.44. The lowest BCUT2D eigenvalue weighted by Crippen LogP contribution is -1.87. The third kappa shape index (κ3) is 1.64. The van der Waals surface area contributed by atoms with Crippen LogP contribution >= 0.6 is 23.2 Å². The van der Waals surface area contributed by atoms with Crippen molar-refractivity contribution in [3.8, 4) is 11.5 Å². The highest BCUT2D eigenvalue weighted by atomic mass is 35.5. The van der Waals surface area contributed by atoms with Crippen LogP contribution in [0.3, 0.4) is 0 Å². The molecule has 0 fully saturated rings. The standard InChI is InChI=1S/C7H3Cl2N3O/c8-5-4(3-11-7(9)12-5)6-10-1-2-13-6/h1-3H. The van der Waals surface area contributed by atoms with E-state index in [0.29, 0.717) is 11.5 Å². The summed E-state index contributed by atoms with van der Waals surface area (Å²) < 4.78 is 5.02. The number of hydrogen-bond donors (Lipinski definition) is 0. The smallest absolute Gasteiger partial charge is 0.230 e. The number of nitrogens with zero attached hydrogens (tertiary/aromatic N) is 3. The largest absolute Gasteiger partial charge is 0.444 e. The molecule has 2 heterocycles. The van der Waals surface area contributed by atoms with Crippen LogP contribution < -0.4 is 0 Å². The fraction of sp³-hybridized carbons (Fsp3) is 0. The van der Waals surface area contributed by atoms with Gasteiger partial charge in [0.2, 0.25) is 11.2 Å². The Labute approximate surface area is 83.5 Å². The maximum Gasteiger partial charge on any atom is 0.230 e. The van der Waals surface area contributed by atoms with Crippen LogP contribution in [0.25, 0.3) is 11.5 Å². The fourth-order valence-corrected chi connectivity index (χ4v) is 1.23. The van der Waals surface area contributed by atoms with E-state index in [-0.39, 0.29) is 10.4 Å². The minimum absolute atomic E-state index is 0.0975. The molecule has 0 radical (unpaired) electrons. The van der Waals surface area contributed by atoms with Crippen molar-refractivity contribution in [2.24, 2.45) is 0 Å². The van der Waals surface area contributed by atoms with Gasteiger partial charge in [0.05, 0.1) is 11.8 Å². The predicted molar refractivity (Wildman–Crippen MR) is 47.5 cm³/mol. The van der Waals surface area contributed by atoms with E-state index in [1.807, 2.05) is 0 Å². The quantitative estimate of drug-likeness (QED) is 0.542. The summed E-state index contributed by atoms with van der Waals surface area (Å²) in [6.07, 6.45) is 4.42. The molecule has 0 aliphatic carbocycles. The summed E-state index contributed by atoms with van der Waals surface area (Å²) >= 11 is 11.3. The molecule has 2 aromatic heterocycles. The van der Waals surface area contributed by atoms with E-state index in [1.54, 1.807) is 0 Å². The van der Waals surface area contributed by atoms with Crippen molar-refractivity contribution in [2.45, 2.75) is 0 Å². The Hall–Kier alpha value is -1.13. The van der Waals surface area contributed by atoms with E-state index in [9.17, 15) is 0 Å². The molecule has 13 heavy (non-hydrogen) atoms. The highest BCUT2D eigenvalue weighted by molar-refractivity contribution is 6.33. The molecule has 0 aromatic carbocycles. The highest BCUT2D eigenvalue weighted by Crippen LogP contribution is 2.24. The molecule has 6 heteroatoms. The van der Waals surface area contributed by atoms with Gasteiger partial charge in [-0.3, -0.25) is 0 Å². The lowest BCUT2D eigenvalue weighted by molar-refractivity contribution is 0.574. The first-order valence-corrected chi connectivity index (χ1v) is 4.11. The van der Waals surface area contributed by atoms with Crippen molar-refractivity contribution < 1.29 is 4.42 Å². The third-order valence-corrected chi connectivity index (χ3v) is 1.85. The van der Waals surface area contributed by atoms with Crippen molar-refractivity contribution in [2.75, 3.05) is 0 Å². The molecule has 66 valence electrons. The van der Waals surface area contributed by atoms with E-state index < -0.39 is 0 Å². The molecule has 2 rings (SSSR count). The van der Waals surface area contributed by atoms with E-state index in [0.717, 1.165) is 0 Å². The first kappa shape index (κ1) is 8.47. The summed E-state index contributed by atoms with van der Waals surface area (Å²) in [6, 6.07) is 0. The molecule has 0 saturated heterocycles. The summed E-state index contributed by atoms with van der Waals surface area (Å²) in [4.78, 5) is 11.4. The van der Waals surface area contributed by atoms with E-state index >= 15 is 0 Å². The molecule has 0 aliphatic heterocycles. The number of rotatable bonds is 1. The Morgan fingerprint density at radius 3 is 2.69 bits per heavy atom. The molecule has 0 N–H and O–H groups in total. The maximum atomic E-state index is 5.79. The Bertz CT molecular complexity index is 416. The van der Waals surface area contributed by atoms with Crippen LogP contribution in [0.1, 0.15) is 0 Å². The third-order valence-electron chi connectivity index (χ3n) is 1.38. The molecule has 0 amide bonds. The lowest BCUT2D eigenvalue weighted by atomic mass is 10.3. The zero-order chi connectivity index (χ0) is 9.26. The lowest BCUT2D eigenvalue weighted by Gasteiger charge is -1.96. The van der Waals surface area contributed by atoms with Gasteiger partial charge < -0.3 is 4.42 Å². The van der Waals surface area contributed by atoms with Crippen LogP contribution in [0.4, 0.5) is 0 Å². The Kier molecular flexibility index (Phi) is 2.16. The zero-order valence-corrected chi connectivity index (χ0v) is 7.75. The molecule has 0 aliphatic rings. The van der Waals surface area contributed by atoms with Gasteiger partial charge in [-0.2, -0.15) is 0 Å². The topological polar surface area (TPSA) is 51.8 Å². The van der Waals surface area contributed by atoms with E-state index in [2.05, 4.69) is 15.0 Å². The van der Waals surface area contributed by atoms with Gasteiger partial charge in [-0.05, 0) is 11.6 Å². The number of oxazole rings is 1. The average molecular weight is 216 g/mol. The summed E-state index contributed by atoms with van der Waals surface area (Å²) in [6.45, 7) is 0. The van der Waals surface area contributed by atoms with Crippen LogP contribution in [0.2, 0.25) is 10.4 Å². The van der Waals surface area contributed by atoms with Gasteiger partial charge in [0.25, 0.3) is 0 Å². The van der Waals surface area contributed by atoms with Crippen LogP contribution in [-0.2, 0) is 0 Å². The van der Waals surface area contributed by atoms with Gasteiger partial charge in [0.15, 0.2) is 0 Å². The molecule has 0 saturated carbocycles. The molecule has 0 atom stereocenters. The summed E-state index contributed by atoms with van der Waals surface area (Å²) in [5.74, 6) is 0.377. The van der Waals surface area contributed by atoms with E-state index in [1.165, 1.54) is 18.7 Å². The van der Waals surface area contributed by atoms with Gasteiger partial charge >= 0.3 is 0 Å². The second kappa shape index (κ2) is 3.32. The van der Waals surface area contributed by atoms with Crippen molar-refractivity contribution in [1.82, 2.24) is 15.0 Å². The van der Waals surface area contributed by atoms with Gasteiger partial charge in [-0.25, -0.2) is 15.0 Å². The number of halogens is 2. The van der Waals surface area contributed by atoms with Gasteiger partial charge in [-0.15, -0.1) is 0 Å². The SMILES string of the molecule is Clc1ncc(-c2ncco2)c(Cl)n1. The second-order valence-corrected chi connectivity index (χ2v) is 2.88. The van der Waals surface area contributed by atoms with E-state index in [4.69, 9.17) is 27.6 Å². The summed E-state index contributed by atoms with van der Waals surface area (Å²) in [5.41, 5.74) is 0.524. The summed E-state index contributed by atoms with van der Waals surface area (Å²) in [7, 11) is 0. The fourth-order valence-electron chi connectivity index (χ4n) is 0.841. The van der Waals surface area contributed by atoms with Crippen molar-refractivity contribution in [1.29, 1.82) is 0 Å². The molecule has 0 unspecified atom stereocenters. The normalized spacial score (nSPS) is 10.3. The molecule has 4 nitrogen and oxygen atoms in total. The molecular weight excluding hydrogens is 213 g/mol. The number of hydrogen-bond acceptors (Lipinski definition) is 4. The second-order valence-electron chi connectivity index (χ2n) is 2.18. The molecule has 0 spiro atoms. The Balaban J connectivity index is 2.53. The van der Waals surface area contributed by atoms with Crippen molar-refractivity contribution in [3.63, 3.8) is 0 Å². The van der Waals surface area contributed by atoms with Crippen LogP contribution in [0.15, 0.2) is 23.1 Å². The molecular formula is C7H3Cl2N3O. The Morgan fingerprint density at radius 1 is 1.23 bits per heavy atom. The minimum atomic E-state index is 0.0975. The first-order valence-electron chi connectivity index (χ1n) is 3.35. The van der Waals surface area contributed by atoms with Crippen molar-refractivity contribution in [3.05, 3.63) is 29.1 Å². The van der Waals surface area contributed by atoms with Gasteiger partial charge in [-0.1, -0.05) is 11.6 Å². The molecule has 0 bridgehead atoms. The Morgan fingerprint density at radius 2 is 2.08 bits per heavy atom. The average Bonchev–Trinajstić information content (AvgIpc) is 2.56.